The third-order valence-corrected chi connectivity index (χ3v) is 11.6. The van der Waals surface area contributed by atoms with Crippen LogP contribution in [0.4, 0.5) is 58.4 Å². The molecule has 2 aliphatic heterocycles. The summed E-state index contributed by atoms with van der Waals surface area (Å²) in [5.74, 6) is 1.35. The maximum atomic E-state index is 14.7. The molecule has 0 bridgehead atoms. The Bertz CT molecular complexity index is 2870. The fourth-order valence-electron chi connectivity index (χ4n) is 8.41. The van der Waals surface area contributed by atoms with Gasteiger partial charge in [0.25, 0.3) is 0 Å². The van der Waals surface area contributed by atoms with Crippen molar-refractivity contribution in [1.82, 2.24) is 59.1 Å². The van der Waals surface area contributed by atoms with E-state index in [0.29, 0.717) is 59.7 Å². The van der Waals surface area contributed by atoms with E-state index in [0.717, 1.165) is 49.7 Å². The number of fused-ring (bicyclic) bond motifs is 2. The lowest BCUT2D eigenvalue weighted by molar-refractivity contribution is -0.275. The fraction of sp³-hybridized carbons (Fsp3) is 0.304. The van der Waals surface area contributed by atoms with E-state index in [1.165, 1.54) is 58.4 Å². The lowest BCUT2D eigenvalue weighted by Gasteiger charge is -2.15. The molecule has 4 aromatic carbocycles. The van der Waals surface area contributed by atoms with Gasteiger partial charge in [-0.15, -0.1) is 36.5 Å². The van der Waals surface area contributed by atoms with E-state index in [9.17, 15) is 35.1 Å². The Labute approximate surface area is 393 Å². The maximum Gasteiger partial charge on any atom is 0.573 e. The van der Waals surface area contributed by atoms with E-state index in [4.69, 9.17) is 0 Å². The molecule has 2 aliphatic rings. The van der Waals surface area contributed by atoms with E-state index < -0.39 is 24.4 Å². The number of nitrogens with one attached hydrogen (secondary N) is 2. The van der Waals surface area contributed by atoms with Gasteiger partial charge in [0.15, 0.2) is 11.6 Å². The number of alkyl halides is 6. The summed E-state index contributed by atoms with van der Waals surface area (Å²) >= 11 is 0. The second-order valence-electron chi connectivity index (χ2n) is 16.4. The highest BCUT2D eigenvalue weighted by Gasteiger charge is 2.33. The van der Waals surface area contributed by atoms with Gasteiger partial charge in [-0.25, -0.2) is 37.5 Å². The van der Waals surface area contributed by atoms with Gasteiger partial charge in [0.2, 0.25) is 11.9 Å². The monoisotopic (exact) mass is 974 g/mol. The minimum Gasteiger partial charge on any atom is -0.406 e. The van der Waals surface area contributed by atoms with Gasteiger partial charge in [-0.05, 0) is 111 Å². The van der Waals surface area contributed by atoms with Crippen LogP contribution in [-0.2, 0) is 13.1 Å². The van der Waals surface area contributed by atoms with Crippen LogP contribution in [0.3, 0.4) is 0 Å². The summed E-state index contributed by atoms with van der Waals surface area (Å²) in [5.41, 5.74) is 3.12. The molecule has 70 heavy (non-hydrogen) atoms. The molecule has 0 amide bonds. The molecule has 364 valence electrons. The summed E-state index contributed by atoms with van der Waals surface area (Å²) < 4.78 is 119. The minimum atomic E-state index is -4.74. The number of halogens is 8. The number of nitrogens with zero attached hydrogens (tertiary/aromatic N) is 12. The van der Waals surface area contributed by atoms with Crippen LogP contribution in [0, 0.1) is 25.5 Å². The first kappa shape index (κ1) is 47.2. The topological polar surface area (TPSA) is 165 Å². The summed E-state index contributed by atoms with van der Waals surface area (Å²) in [6, 6.07) is 20.9. The molecule has 0 saturated carbocycles. The van der Waals surface area contributed by atoms with E-state index in [1.54, 1.807) is 71.7 Å². The summed E-state index contributed by atoms with van der Waals surface area (Å²) in [7, 11) is 0. The quantitative estimate of drug-likeness (QED) is 0.125. The Morgan fingerprint density at radius 1 is 0.543 bits per heavy atom. The van der Waals surface area contributed by atoms with Crippen molar-refractivity contribution in [3.05, 3.63) is 144 Å². The molecular weight excluding hydrogens is 933 g/mol. The van der Waals surface area contributed by atoms with Gasteiger partial charge in [-0.2, -0.15) is 20.2 Å². The van der Waals surface area contributed by atoms with Gasteiger partial charge in [0, 0.05) is 36.3 Å². The lowest BCUT2D eigenvalue weighted by atomic mass is 9.93. The molecule has 8 aromatic rings. The summed E-state index contributed by atoms with van der Waals surface area (Å²) in [6.45, 7) is 4.78. The standard InChI is InChI=1S/2C23H21F4N7O/c2*1-14-28-13-29-34(14)20-10-7-16(12-19(20)24)30-22-31-21-18(4-2-3-11-33(21)32-22)15-5-8-17(9-6-15)35-23(25,26)27/h2*5-10,12-13,18H,2-4,11H2,1H3,(H,30,32)/t2*18-/m10/s1. The zero-order valence-corrected chi connectivity index (χ0v) is 37.3. The van der Waals surface area contributed by atoms with Gasteiger partial charge in [-0.3, -0.25) is 0 Å². The Morgan fingerprint density at radius 3 is 1.29 bits per heavy atom. The van der Waals surface area contributed by atoms with E-state index in [1.807, 2.05) is 0 Å². The molecule has 10 rings (SSSR count). The number of aryl methyl sites for hydroxylation is 4. The van der Waals surface area contributed by atoms with Gasteiger partial charge < -0.3 is 20.1 Å². The van der Waals surface area contributed by atoms with Gasteiger partial charge in [0.05, 0.1) is 0 Å². The number of anilines is 4. The lowest BCUT2D eigenvalue weighted by Crippen LogP contribution is -2.17. The largest absolute Gasteiger partial charge is 0.573 e. The van der Waals surface area contributed by atoms with E-state index in [-0.39, 0.29) is 34.7 Å². The Morgan fingerprint density at radius 2 is 0.943 bits per heavy atom. The van der Waals surface area contributed by atoms with E-state index in [2.05, 4.69) is 60.4 Å². The van der Waals surface area contributed by atoms with E-state index >= 15 is 0 Å². The molecule has 0 spiro atoms. The van der Waals surface area contributed by atoms with Crippen LogP contribution in [0.15, 0.2) is 97.6 Å². The molecule has 4 aromatic heterocycles. The summed E-state index contributed by atoms with van der Waals surface area (Å²) in [4.78, 5) is 17.3. The predicted molar refractivity (Wildman–Crippen MR) is 236 cm³/mol. The molecule has 6 heterocycles. The molecule has 16 nitrogen and oxygen atoms in total. The number of hydrogen-bond donors (Lipinski definition) is 2. The second kappa shape index (κ2) is 19.6. The predicted octanol–water partition coefficient (Wildman–Crippen LogP) is 10.5. The number of rotatable bonds is 10. The fourth-order valence-corrected chi connectivity index (χ4v) is 8.41. The number of aromatic nitrogens is 12. The van der Waals surface area contributed by atoms with Crippen LogP contribution >= 0.6 is 0 Å². The SMILES string of the molecule is Cc1ncnn1-c1ccc(Nc2nc3n(n2)CCCC[C@@H]3c2ccc(OC(F)(F)F)cc2)cc1F.Cc1ncnn1-c1ccc(Nc2nc3n(n2)CCCC[C@H]3c2ccc(OC(F)(F)F)cc2)cc1F. The first-order chi connectivity index (χ1) is 33.5. The molecule has 0 unspecified atom stereocenters. The highest BCUT2D eigenvalue weighted by molar-refractivity contribution is 5.57. The van der Waals surface area contributed by atoms with Crippen molar-refractivity contribution in [3.8, 4) is 22.9 Å². The van der Waals surface area contributed by atoms with Crippen molar-refractivity contribution in [1.29, 1.82) is 0 Å². The van der Waals surface area contributed by atoms with Crippen LogP contribution in [0.5, 0.6) is 11.5 Å². The number of ether oxygens (including phenoxy) is 2. The highest BCUT2D eigenvalue weighted by Crippen LogP contribution is 2.36. The van der Waals surface area contributed by atoms with Crippen molar-refractivity contribution in [2.24, 2.45) is 0 Å². The van der Waals surface area contributed by atoms with Crippen molar-refractivity contribution >= 4 is 23.3 Å². The molecule has 0 aliphatic carbocycles. The highest BCUT2D eigenvalue weighted by atomic mass is 19.4. The minimum absolute atomic E-state index is 0.144. The molecule has 2 atom stereocenters. The first-order valence-electron chi connectivity index (χ1n) is 22.0. The van der Waals surface area contributed by atoms with Crippen molar-refractivity contribution in [2.45, 2.75) is 90.0 Å². The molecular formula is C46H42F8N14O2. The molecule has 2 N–H and O–H groups in total. The van der Waals surface area contributed by atoms with Gasteiger partial charge in [-0.1, -0.05) is 37.1 Å². The Balaban J connectivity index is 0.000000174. The Kier molecular flexibility index (Phi) is 13.2. The summed E-state index contributed by atoms with van der Waals surface area (Å²) in [5, 5.41) is 23.2. The second-order valence-corrected chi connectivity index (χ2v) is 16.4. The van der Waals surface area contributed by atoms with Crippen LogP contribution in [0.2, 0.25) is 0 Å². The van der Waals surface area contributed by atoms with Crippen LogP contribution < -0.4 is 20.1 Å². The molecule has 0 radical (unpaired) electrons. The first-order valence-corrected chi connectivity index (χ1v) is 22.0. The smallest absolute Gasteiger partial charge is 0.406 e. The number of hydrogen-bond acceptors (Lipinski definition) is 12. The zero-order chi connectivity index (χ0) is 49.2. The van der Waals surface area contributed by atoms with Crippen LogP contribution in [0.1, 0.15) is 84.8 Å². The molecule has 0 fully saturated rings. The third kappa shape index (κ3) is 11.0. The van der Waals surface area contributed by atoms with Crippen molar-refractivity contribution < 1.29 is 44.6 Å². The van der Waals surface area contributed by atoms with Crippen LogP contribution in [0.25, 0.3) is 11.4 Å². The molecule has 24 heteroatoms. The van der Waals surface area contributed by atoms with Crippen LogP contribution in [-0.4, -0.2) is 71.8 Å². The normalized spacial score (nSPS) is 16.0. The maximum absolute atomic E-state index is 14.7. The van der Waals surface area contributed by atoms with Crippen molar-refractivity contribution in [2.75, 3.05) is 10.6 Å². The van der Waals surface area contributed by atoms with Crippen molar-refractivity contribution in [3.63, 3.8) is 0 Å². The molecule has 0 saturated heterocycles. The zero-order valence-electron chi connectivity index (χ0n) is 37.3. The van der Waals surface area contributed by atoms with Gasteiger partial charge >= 0.3 is 12.7 Å². The summed E-state index contributed by atoms with van der Waals surface area (Å²) in [6.07, 6.45) is -1.58. The third-order valence-electron chi connectivity index (χ3n) is 11.6. The van der Waals surface area contributed by atoms with Gasteiger partial charge in [0.1, 0.15) is 58.8 Å². The number of benzene rings is 4. The average molecular weight is 975 g/mol. The average Bonchev–Trinajstić information content (AvgIpc) is 4.07. The Hall–Kier alpha value is -7.92.